The number of hydrazone groups is 1. The predicted octanol–water partition coefficient (Wildman–Crippen LogP) is 3.25. The molecule has 3 aromatic rings. The number of hydrogen-bond donors (Lipinski definition) is 1. The molecule has 27 heavy (non-hydrogen) atoms. The van der Waals surface area contributed by atoms with Gasteiger partial charge in [0.15, 0.2) is 11.5 Å². The smallest absolute Gasteiger partial charge is 0.271 e. The van der Waals surface area contributed by atoms with Crippen LogP contribution in [0.5, 0.6) is 0 Å². The zero-order valence-corrected chi connectivity index (χ0v) is 14.8. The molecular formula is C20H18N4O3. The number of benzene rings is 2. The van der Waals surface area contributed by atoms with Crippen LogP contribution in [0.1, 0.15) is 24.3 Å². The highest BCUT2D eigenvalue weighted by Crippen LogP contribution is 2.20. The molecule has 7 nitrogen and oxygen atoms in total. The Morgan fingerprint density at radius 2 is 2.00 bits per heavy atom. The lowest BCUT2D eigenvalue weighted by Gasteiger charge is -2.23. The zero-order valence-electron chi connectivity index (χ0n) is 14.8. The van der Waals surface area contributed by atoms with Gasteiger partial charge < -0.3 is 9.73 Å². The molecule has 0 saturated carbocycles. The van der Waals surface area contributed by atoms with E-state index < -0.39 is 0 Å². The quantitative estimate of drug-likeness (QED) is 0.772. The summed E-state index contributed by atoms with van der Waals surface area (Å²) in [6.45, 7) is 2.12. The molecule has 0 bridgehead atoms. The summed E-state index contributed by atoms with van der Waals surface area (Å²) in [6, 6.07) is 14.8. The standard InChI is InChI=1S/C20H18N4O3/c1-13-21-17-11-15(7-9-18(17)27-13)22-20(26)16-8-10-19(25)24(23-16)12-14-5-3-2-4-6-14/h2-7,9,11H,8,10,12H2,1H3,(H,22,26). The number of amides is 2. The molecule has 0 unspecified atom stereocenters. The van der Waals surface area contributed by atoms with Crippen LogP contribution in [0.4, 0.5) is 5.69 Å². The van der Waals surface area contributed by atoms with E-state index in [0.29, 0.717) is 41.4 Å². The van der Waals surface area contributed by atoms with Crippen molar-refractivity contribution in [2.75, 3.05) is 5.32 Å². The number of carbonyl (C=O) groups excluding carboxylic acids is 2. The van der Waals surface area contributed by atoms with E-state index in [1.54, 1.807) is 25.1 Å². The Labute approximate surface area is 155 Å². The van der Waals surface area contributed by atoms with Crippen molar-refractivity contribution in [3.63, 3.8) is 0 Å². The van der Waals surface area contributed by atoms with Crippen LogP contribution >= 0.6 is 0 Å². The van der Waals surface area contributed by atoms with E-state index in [2.05, 4.69) is 15.4 Å². The van der Waals surface area contributed by atoms with Gasteiger partial charge in [-0.25, -0.2) is 9.99 Å². The number of fused-ring (bicyclic) bond motifs is 1. The lowest BCUT2D eigenvalue weighted by molar-refractivity contribution is -0.132. The van der Waals surface area contributed by atoms with Crippen LogP contribution in [-0.2, 0) is 16.1 Å². The van der Waals surface area contributed by atoms with Gasteiger partial charge in [0.2, 0.25) is 5.91 Å². The van der Waals surface area contributed by atoms with Crippen LogP contribution < -0.4 is 5.32 Å². The van der Waals surface area contributed by atoms with Crippen molar-refractivity contribution >= 4 is 34.3 Å². The van der Waals surface area contributed by atoms with Gasteiger partial charge in [-0.15, -0.1) is 0 Å². The first kappa shape index (κ1) is 17.0. The summed E-state index contributed by atoms with van der Waals surface area (Å²) in [4.78, 5) is 29.0. The molecule has 0 aliphatic carbocycles. The second kappa shape index (κ2) is 7.03. The van der Waals surface area contributed by atoms with Gasteiger partial charge in [-0.1, -0.05) is 30.3 Å². The third-order valence-corrected chi connectivity index (χ3v) is 4.29. The van der Waals surface area contributed by atoms with Crippen LogP contribution in [0.2, 0.25) is 0 Å². The number of hydrogen-bond acceptors (Lipinski definition) is 5. The van der Waals surface area contributed by atoms with Crippen LogP contribution in [0.15, 0.2) is 58.0 Å². The minimum Gasteiger partial charge on any atom is -0.441 e. The highest BCUT2D eigenvalue weighted by Gasteiger charge is 2.24. The van der Waals surface area contributed by atoms with Crippen molar-refractivity contribution in [2.45, 2.75) is 26.3 Å². The lowest BCUT2D eigenvalue weighted by Crippen LogP contribution is -2.36. The van der Waals surface area contributed by atoms with Gasteiger partial charge in [-0.2, -0.15) is 5.10 Å². The normalized spacial score (nSPS) is 14.3. The lowest BCUT2D eigenvalue weighted by atomic mass is 10.1. The topological polar surface area (TPSA) is 87.8 Å². The van der Waals surface area contributed by atoms with Crippen LogP contribution in [0.25, 0.3) is 11.1 Å². The van der Waals surface area contributed by atoms with Crippen LogP contribution in [0.3, 0.4) is 0 Å². The van der Waals surface area contributed by atoms with Gasteiger partial charge in [0.05, 0.1) is 6.54 Å². The Kier molecular flexibility index (Phi) is 4.42. The molecule has 2 aromatic carbocycles. The first-order valence-electron chi connectivity index (χ1n) is 8.69. The molecule has 0 spiro atoms. The number of carbonyl (C=O) groups is 2. The number of oxazole rings is 1. The Hall–Kier alpha value is -3.48. The number of anilines is 1. The van der Waals surface area contributed by atoms with Gasteiger partial charge in [0, 0.05) is 25.5 Å². The highest BCUT2D eigenvalue weighted by molar-refractivity contribution is 6.43. The Bertz CT molecular complexity index is 1040. The van der Waals surface area contributed by atoms with Crippen LogP contribution in [-0.4, -0.2) is 27.5 Å². The van der Waals surface area contributed by atoms with Gasteiger partial charge in [0.1, 0.15) is 11.2 Å². The molecule has 2 amide bonds. The van der Waals surface area contributed by atoms with Gasteiger partial charge in [0.25, 0.3) is 5.91 Å². The van der Waals surface area contributed by atoms with Crippen molar-refractivity contribution in [3.8, 4) is 0 Å². The third kappa shape index (κ3) is 3.72. The summed E-state index contributed by atoms with van der Waals surface area (Å²) in [5.41, 5.74) is 3.25. The van der Waals surface area contributed by atoms with E-state index in [4.69, 9.17) is 4.42 Å². The number of nitrogens with one attached hydrogen (secondary N) is 1. The van der Waals surface area contributed by atoms with E-state index in [-0.39, 0.29) is 18.2 Å². The second-order valence-corrected chi connectivity index (χ2v) is 6.35. The molecule has 0 saturated heterocycles. The van der Waals surface area contributed by atoms with Crippen molar-refractivity contribution < 1.29 is 14.0 Å². The molecule has 1 aliphatic heterocycles. The number of aryl methyl sites for hydroxylation is 1. The third-order valence-electron chi connectivity index (χ3n) is 4.29. The summed E-state index contributed by atoms with van der Waals surface area (Å²) in [7, 11) is 0. The van der Waals surface area contributed by atoms with E-state index >= 15 is 0 Å². The predicted molar refractivity (Wildman–Crippen MR) is 101 cm³/mol. The highest BCUT2D eigenvalue weighted by atomic mass is 16.3. The van der Waals surface area contributed by atoms with Gasteiger partial charge in [-0.05, 0) is 23.8 Å². The van der Waals surface area contributed by atoms with E-state index in [9.17, 15) is 9.59 Å². The first-order valence-corrected chi connectivity index (χ1v) is 8.69. The van der Waals surface area contributed by atoms with E-state index in [1.807, 2.05) is 30.3 Å². The molecular weight excluding hydrogens is 344 g/mol. The molecule has 136 valence electrons. The summed E-state index contributed by atoms with van der Waals surface area (Å²) >= 11 is 0. The molecule has 7 heteroatoms. The Balaban J connectivity index is 1.51. The van der Waals surface area contributed by atoms with Crippen molar-refractivity contribution in [3.05, 3.63) is 60.0 Å². The largest absolute Gasteiger partial charge is 0.441 e. The average Bonchev–Trinajstić information content (AvgIpc) is 3.03. The van der Waals surface area contributed by atoms with Crippen LogP contribution in [0, 0.1) is 6.92 Å². The minimum atomic E-state index is -0.319. The van der Waals surface area contributed by atoms with Crippen molar-refractivity contribution in [2.24, 2.45) is 5.10 Å². The number of aromatic nitrogens is 1. The molecule has 1 aliphatic rings. The average molecular weight is 362 g/mol. The van der Waals surface area contributed by atoms with Gasteiger partial charge in [-0.3, -0.25) is 9.59 Å². The van der Waals surface area contributed by atoms with Gasteiger partial charge >= 0.3 is 0 Å². The maximum atomic E-state index is 12.6. The minimum absolute atomic E-state index is 0.0881. The molecule has 0 atom stereocenters. The maximum Gasteiger partial charge on any atom is 0.271 e. The van der Waals surface area contributed by atoms with Crippen molar-refractivity contribution in [1.82, 2.24) is 9.99 Å². The fraction of sp³-hybridized carbons (Fsp3) is 0.200. The fourth-order valence-corrected chi connectivity index (χ4v) is 2.97. The monoisotopic (exact) mass is 362 g/mol. The zero-order chi connectivity index (χ0) is 18.8. The van der Waals surface area contributed by atoms with E-state index in [0.717, 1.165) is 5.56 Å². The number of nitrogens with zero attached hydrogens (tertiary/aromatic N) is 3. The molecule has 1 N–H and O–H groups in total. The van der Waals surface area contributed by atoms with E-state index in [1.165, 1.54) is 5.01 Å². The molecule has 0 radical (unpaired) electrons. The summed E-state index contributed by atoms with van der Waals surface area (Å²) in [6.07, 6.45) is 0.585. The van der Waals surface area contributed by atoms with Crippen molar-refractivity contribution in [1.29, 1.82) is 0 Å². The SMILES string of the molecule is Cc1nc2cc(NC(=O)C3=NN(Cc4ccccc4)C(=O)CC3)ccc2o1. The number of rotatable bonds is 4. The summed E-state index contributed by atoms with van der Waals surface area (Å²) in [5.74, 6) is 0.162. The first-order chi connectivity index (χ1) is 13.1. The second-order valence-electron chi connectivity index (χ2n) is 6.35. The fourth-order valence-electron chi connectivity index (χ4n) is 2.97. The molecule has 1 aromatic heterocycles. The summed E-state index contributed by atoms with van der Waals surface area (Å²) in [5, 5.41) is 8.46. The Morgan fingerprint density at radius 3 is 2.81 bits per heavy atom. The Morgan fingerprint density at radius 1 is 1.19 bits per heavy atom. The molecule has 4 rings (SSSR count). The molecule has 0 fully saturated rings. The maximum absolute atomic E-state index is 12.6. The summed E-state index contributed by atoms with van der Waals surface area (Å²) < 4.78 is 5.43. The molecule has 2 heterocycles.